The molecule has 0 spiro atoms. The Morgan fingerprint density at radius 1 is 1.32 bits per heavy atom. The quantitative estimate of drug-likeness (QED) is 0.844. The summed E-state index contributed by atoms with van der Waals surface area (Å²) in [6.07, 6.45) is 0. The third kappa shape index (κ3) is 3.61. The molecule has 1 amide bonds. The van der Waals surface area contributed by atoms with E-state index in [1.807, 2.05) is 6.92 Å². The fourth-order valence-corrected chi connectivity index (χ4v) is 1.88. The minimum Gasteiger partial charge on any atom is -0.496 e. The monoisotopic (exact) mass is 266 g/mol. The van der Waals surface area contributed by atoms with Gasteiger partial charge in [0.2, 0.25) is 0 Å². The summed E-state index contributed by atoms with van der Waals surface area (Å²) in [5, 5.41) is 0. The summed E-state index contributed by atoms with van der Waals surface area (Å²) in [5.41, 5.74) is 6.03. The Morgan fingerprint density at radius 3 is 2.26 bits per heavy atom. The number of benzene rings is 1. The molecule has 0 aromatic heterocycles. The average Bonchev–Trinajstić information content (AvgIpc) is 2.44. The van der Waals surface area contributed by atoms with Crippen LogP contribution in [0.25, 0.3) is 0 Å². The van der Waals surface area contributed by atoms with E-state index in [0.717, 1.165) is 0 Å². The first-order valence-corrected chi connectivity index (χ1v) is 6.21. The van der Waals surface area contributed by atoms with Crippen molar-refractivity contribution in [2.75, 3.05) is 34.4 Å². The van der Waals surface area contributed by atoms with E-state index in [-0.39, 0.29) is 11.8 Å². The van der Waals surface area contributed by atoms with Crippen molar-refractivity contribution >= 4 is 5.91 Å². The lowest BCUT2D eigenvalue weighted by Crippen LogP contribution is -2.33. The van der Waals surface area contributed by atoms with Gasteiger partial charge in [0.15, 0.2) is 0 Å². The van der Waals surface area contributed by atoms with Crippen molar-refractivity contribution in [1.29, 1.82) is 0 Å². The van der Waals surface area contributed by atoms with Crippen LogP contribution in [-0.4, -0.2) is 45.2 Å². The van der Waals surface area contributed by atoms with Gasteiger partial charge in [-0.1, -0.05) is 13.0 Å². The molecular formula is C14H22N2O3. The predicted molar refractivity (Wildman–Crippen MR) is 74.7 cm³/mol. The highest BCUT2D eigenvalue weighted by atomic mass is 16.5. The van der Waals surface area contributed by atoms with Gasteiger partial charge in [-0.15, -0.1) is 0 Å². The van der Waals surface area contributed by atoms with E-state index in [1.54, 1.807) is 30.1 Å². The molecule has 1 aromatic carbocycles. The number of amides is 1. The van der Waals surface area contributed by atoms with Crippen molar-refractivity contribution in [3.63, 3.8) is 0 Å². The maximum absolute atomic E-state index is 12.5. The van der Waals surface area contributed by atoms with Gasteiger partial charge in [0, 0.05) is 13.6 Å². The number of hydrogen-bond donors (Lipinski definition) is 1. The van der Waals surface area contributed by atoms with Crippen LogP contribution in [0.5, 0.6) is 11.5 Å². The fourth-order valence-electron chi connectivity index (χ4n) is 1.88. The smallest absolute Gasteiger partial charge is 0.261 e. The Kier molecular flexibility index (Phi) is 5.63. The zero-order valence-electron chi connectivity index (χ0n) is 12.0. The summed E-state index contributed by atoms with van der Waals surface area (Å²) in [4.78, 5) is 14.1. The summed E-state index contributed by atoms with van der Waals surface area (Å²) in [6.45, 7) is 3.14. The number of ether oxygens (including phenoxy) is 2. The summed E-state index contributed by atoms with van der Waals surface area (Å²) in [5.74, 6) is 1.14. The van der Waals surface area contributed by atoms with Crippen molar-refractivity contribution in [3.8, 4) is 11.5 Å². The first-order chi connectivity index (χ1) is 9.04. The molecule has 2 N–H and O–H groups in total. The molecule has 0 aliphatic rings. The van der Waals surface area contributed by atoms with Crippen LogP contribution >= 0.6 is 0 Å². The van der Waals surface area contributed by atoms with Crippen molar-refractivity contribution < 1.29 is 14.3 Å². The molecule has 0 aliphatic heterocycles. The summed E-state index contributed by atoms with van der Waals surface area (Å²) >= 11 is 0. The zero-order valence-corrected chi connectivity index (χ0v) is 12.0. The van der Waals surface area contributed by atoms with E-state index in [4.69, 9.17) is 15.2 Å². The Balaban J connectivity index is 3.04. The predicted octanol–water partition coefficient (Wildman–Crippen LogP) is 1.37. The number of hydrogen-bond acceptors (Lipinski definition) is 4. The SMILES string of the molecule is COc1cccc(OC)c1C(=O)N(C)CC(C)CN. The number of carbonyl (C=O) groups is 1. The number of methoxy groups -OCH3 is 2. The van der Waals surface area contributed by atoms with Gasteiger partial charge in [0.05, 0.1) is 14.2 Å². The normalized spacial score (nSPS) is 11.8. The van der Waals surface area contributed by atoms with Gasteiger partial charge in [-0.2, -0.15) is 0 Å². The van der Waals surface area contributed by atoms with Gasteiger partial charge in [-0.3, -0.25) is 4.79 Å². The van der Waals surface area contributed by atoms with E-state index in [2.05, 4.69) is 0 Å². The lowest BCUT2D eigenvalue weighted by Gasteiger charge is -2.22. The highest BCUT2D eigenvalue weighted by Gasteiger charge is 2.22. The van der Waals surface area contributed by atoms with Gasteiger partial charge in [-0.05, 0) is 24.6 Å². The zero-order chi connectivity index (χ0) is 14.4. The Labute approximate surface area is 114 Å². The second-order valence-corrected chi connectivity index (χ2v) is 4.56. The fraction of sp³-hybridized carbons (Fsp3) is 0.500. The average molecular weight is 266 g/mol. The van der Waals surface area contributed by atoms with Crippen LogP contribution < -0.4 is 15.2 Å². The molecule has 19 heavy (non-hydrogen) atoms. The molecule has 0 heterocycles. The van der Waals surface area contributed by atoms with E-state index in [9.17, 15) is 4.79 Å². The second kappa shape index (κ2) is 6.99. The maximum atomic E-state index is 12.5. The molecule has 1 aromatic rings. The Hall–Kier alpha value is -1.75. The van der Waals surface area contributed by atoms with Crippen LogP contribution in [-0.2, 0) is 0 Å². The molecule has 1 atom stereocenters. The first kappa shape index (κ1) is 15.3. The topological polar surface area (TPSA) is 64.8 Å². The summed E-state index contributed by atoms with van der Waals surface area (Å²) in [7, 11) is 4.82. The molecule has 5 nitrogen and oxygen atoms in total. The van der Waals surface area contributed by atoms with Crippen LogP contribution in [0.1, 0.15) is 17.3 Å². The van der Waals surface area contributed by atoms with Crippen LogP contribution in [0, 0.1) is 5.92 Å². The van der Waals surface area contributed by atoms with Crippen LogP contribution in [0.15, 0.2) is 18.2 Å². The minimum absolute atomic E-state index is 0.130. The van der Waals surface area contributed by atoms with Crippen LogP contribution in [0.4, 0.5) is 0 Å². The van der Waals surface area contributed by atoms with E-state index < -0.39 is 0 Å². The third-order valence-electron chi connectivity index (χ3n) is 2.98. The van der Waals surface area contributed by atoms with Gasteiger partial charge in [-0.25, -0.2) is 0 Å². The molecule has 5 heteroatoms. The molecule has 0 fully saturated rings. The van der Waals surface area contributed by atoms with Gasteiger partial charge in [0.1, 0.15) is 17.1 Å². The number of nitrogens with two attached hydrogens (primary N) is 1. The Morgan fingerprint density at radius 2 is 1.84 bits per heavy atom. The van der Waals surface area contributed by atoms with Crippen molar-refractivity contribution in [1.82, 2.24) is 4.90 Å². The maximum Gasteiger partial charge on any atom is 0.261 e. The highest BCUT2D eigenvalue weighted by molar-refractivity contribution is 5.99. The van der Waals surface area contributed by atoms with Crippen LogP contribution in [0.3, 0.4) is 0 Å². The molecule has 1 rings (SSSR count). The largest absolute Gasteiger partial charge is 0.496 e. The molecule has 0 saturated heterocycles. The summed E-state index contributed by atoms with van der Waals surface area (Å²) < 4.78 is 10.5. The van der Waals surface area contributed by atoms with Gasteiger partial charge >= 0.3 is 0 Å². The van der Waals surface area contributed by atoms with E-state index >= 15 is 0 Å². The summed E-state index contributed by atoms with van der Waals surface area (Å²) in [6, 6.07) is 5.28. The van der Waals surface area contributed by atoms with Crippen molar-refractivity contribution in [3.05, 3.63) is 23.8 Å². The van der Waals surface area contributed by atoms with Crippen molar-refractivity contribution in [2.45, 2.75) is 6.92 Å². The molecule has 0 bridgehead atoms. The van der Waals surface area contributed by atoms with Gasteiger partial charge in [0.25, 0.3) is 5.91 Å². The minimum atomic E-state index is -0.130. The Bertz CT molecular complexity index is 412. The molecule has 1 unspecified atom stereocenters. The molecule has 0 radical (unpaired) electrons. The number of rotatable bonds is 6. The highest BCUT2D eigenvalue weighted by Crippen LogP contribution is 2.29. The van der Waals surface area contributed by atoms with E-state index in [1.165, 1.54) is 14.2 Å². The lowest BCUT2D eigenvalue weighted by atomic mass is 10.1. The molecule has 106 valence electrons. The van der Waals surface area contributed by atoms with E-state index in [0.29, 0.717) is 30.2 Å². The number of carbonyl (C=O) groups excluding carboxylic acids is 1. The standard InChI is InChI=1S/C14H22N2O3/c1-10(8-15)9-16(2)14(17)13-11(18-3)6-5-7-12(13)19-4/h5-7,10H,8-9,15H2,1-4H3. The third-order valence-corrected chi connectivity index (χ3v) is 2.98. The van der Waals surface area contributed by atoms with Crippen molar-refractivity contribution in [2.24, 2.45) is 11.7 Å². The molecular weight excluding hydrogens is 244 g/mol. The van der Waals surface area contributed by atoms with Crippen LogP contribution in [0.2, 0.25) is 0 Å². The lowest BCUT2D eigenvalue weighted by molar-refractivity contribution is 0.0770. The second-order valence-electron chi connectivity index (χ2n) is 4.56. The molecule has 0 saturated carbocycles. The molecule has 0 aliphatic carbocycles. The first-order valence-electron chi connectivity index (χ1n) is 6.21. The van der Waals surface area contributed by atoms with Gasteiger partial charge < -0.3 is 20.1 Å². The number of nitrogens with zero attached hydrogens (tertiary/aromatic N) is 1.